The second-order valence-electron chi connectivity index (χ2n) is 5.10. The second-order valence-corrected chi connectivity index (χ2v) is 6.75. The van der Waals surface area contributed by atoms with E-state index in [1.54, 1.807) is 0 Å². The monoisotopic (exact) mass is 335 g/mol. The number of carboxylic acid groups (broad SMARTS) is 1. The van der Waals surface area contributed by atoms with Gasteiger partial charge in [-0.05, 0) is 6.07 Å². The fourth-order valence-electron chi connectivity index (χ4n) is 2.40. The molecule has 0 aromatic heterocycles. The Morgan fingerprint density at radius 2 is 2.00 bits per heavy atom. The van der Waals surface area contributed by atoms with Crippen molar-refractivity contribution in [1.29, 1.82) is 0 Å². The molecule has 0 atom stereocenters. The van der Waals surface area contributed by atoms with E-state index in [-0.39, 0.29) is 18.9 Å². The number of benzene rings is 1. The Labute approximate surface area is 126 Å². The molecule has 9 heteroatoms. The van der Waals surface area contributed by atoms with Gasteiger partial charge in [0.15, 0.2) is 0 Å². The van der Waals surface area contributed by atoms with Crippen LogP contribution in [0.25, 0.3) is 0 Å². The molecular formula is C13H15F2NO5S. The molecule has 0 amide bonds. The van der Waals surface area contributed by atoms with E-state index in [2.05, 4.69) is 0 Å². The van der Waals surface area contributed by atoms with E-state index in [1.165, 1.54) is 19.2 Å². The fourth-order valence-corrected chi connectivity index (χ4v) is 4.01. The first kappa shape index (κ1) is 16.8. The zero-order valence-electron chi connectivity index (χ0n) is 11.6. The van der Waals surface area contributed by atoms with E-state index < -0.39 is 38.4 Å². The molecule has 1 aliphatic carbocycles. The highest BCUT2D eigenvalue weighted by molar-refractivity contribution is 7.89. The van der Waals surface area contributed by atoms with Crippen molar-refractivity contribution in [2.75, 3.05) is 7.11 Å². The van der Waals surface area contributed by atoms with Crippen LogP contribution in [0.2, 0.25) is 0 Å². The Balaban J connectivity index is 2.34. The second kappa shape index (κ2) is 5.90. The van der Waals surface area contributed by atoms with Crippen LogP contribution in [-0.4, -0.2) is 38.2 Å². The molecule has 1 aliphatic rings. The molecule has 0 saturated heterocycles. The number of rotatable bonds is 6. The van der Waals surface area contributed by atoms with Crippen LogP contribution in [0.1, 0.15) is 24.8 Å². The van der Waals surface area contributed by atoms with E-state index in [1.807, 2.05) is 4.72 Å². The molecule has 0 aliphatic heterocycles. The van der Waals surface area contributed by atoms with Crippen molar-refractivity contribution in [3.8, 4) is 0 Å². The van der Waals surface area contributed by atoms with Gasteiger partial charge in [0.05, 0.1) is 11.0 Å². The van der Waals surface area contributed by atoms with Gasteiger partial charge in [0, 0.05) is 25.5 Å². The van der Waals surface area contributed by atoms with Gasteiger partial charge in [-0.2, -0.15) is 4.72 Å². The Kier molecular flexibility index (Phi) is 4.50. The number of ether oxygens (including phenoxy) is 1. The van der Waals surface area contributed by atoms with Gasteiger partial charge in [-0.3, -0.25) is 4.79 Å². The SMILES string of the molecule is COC1CC(NS(=O)(=O)c2ccccc2C(F)F)(C(=O)O)C1. The molecule has 1 fully saturated rings. The van der Waals surface area contributed by atoms with E-state index >= 15 is 0 Å². The Hall–Kier alpha value is -1.58. The quantitative estimate of drug-likeness (QED) is 0.822. The highest BCUT2D eigenvalue weighted by Gasteiger charge is 2.53. The van der Waals surface area contributed by atoms with Crippen LogP contribution in [0.5, 0.6) is 0 Å². The minimum absolute atomic E-state index is 0.0606. The van der Waals surface area contributed by atoms with Gasteiger partial charge in [0.2, 0.25) is 10.0 Å². The molecule has 6 nitrogen and oxygen atoms in total. The van der Waals surface area contributed by atoms with Crippen LogP contribution in [0, 0.1) is 0 Å². The van der Waals surface area contributed by atoms with Gasteiger partial charge in [-0.15, -0.1) is 0 Å². The van der Waals surface area contributed by atoms with Gasteiger partial charge in [-0.25, -0.2) is 17.2 Å². The summed E-state index contributed by atoms with van der Waals surface area (Å²) >= 11 is 0. The van der Waals surface area contributed by atoms with Crippen molar-refractivity contribution in [2.24, 2.45) is 0 Å². The largest absolute Gasteiger partial charge is 0.480 e. The van der Waals surface area contributed by atoms with Crippen molar-refractivity contribution in [1.82, 2.24) is 4.72 Å². The lowest BCUT2D eigenvalue weighted by Gasteiger charge is -2.43. The van der Waals surface area contributed by atoms with Crippen LogP contribution < -0.4 is 4.72 Å². The lowest BCUT2D eigenvalue weighted by Crippen LogP contribution is -2.64. The third-order valence-corrected chi connectivity index (χ3v) is 5.28. The first-order valence-electron chi connectivity index (χ1n) is 6.39. The molecule has 2 rings (SSSR count). The number of carboxylic acids is 1. The number of methoxy groups -OCH3 is 1. The minimum atomic E-state index is -4.40. The standard InChI is InChI=1S/C13H15F2NO5S/c1-21-8-6-13(7-8,12(17)18)16-22(19,20)10-5-3-2-4-9(10)11(14)15/h2-5,8,11,16H,6-7H2,1H3,(H,17,18). The van der Waals surface area contributed by atoms with Crippen molar-refractivity contribution in [3.05, 3.63) is 29.8 Å². The van der Waals surface area contributed by atoms with Gasteiger partial charge in [0.25, 0.3) is 6.43 Å². The van der Waals surface area contributed by atoms with E-state index in [4.69, 9.17) is 4.74 Å². The molecule has 0 radical (unpaired) electrons. The molecule has 0 heterocycles. The molecule has 2 N–H and O–H groups in total. The fraction of sp³-hybridized carbons (Fsp3) is 0.462. The lowest BCUT2D eigenvalue weighted by molar-refractivity contribution is -0.154. The summed E-state index contributed by atoms with van der Waals surface area (Å²) in [6, 6.07) is 4.60. The predicted octanol–water partition coefficient (Wildman–Crippen LogP) is 1.53. The number of halogens is 2. The molecule has 122 valence electrons. The normalized spacial score (nSPS) is 25.0. The maximum absolute atomic E-state index is 12.9. The zero-order valence-corrected chi connectivity index (χ0v) is 12.4. The lowest BCUT2D eigenvalue weighted by atomic mass is 9.75. The van der Waals surface area contributed by atoms with Crippen LogP contribution in [0.4, 0.5) is 8.78 Å². The maximum Gasteiger partial charge on any atom is 0.325 e. The summed E-state index contributed by atoms with van der Waals surface area (Å²) in [7, 11) is -3.01. The van der Waals surface area contributed by atoms with Gasteiger partial charge < -0.3 is 9.84 Å². The number of alkyl halides is 2. The Morgan fingerprint density at radius 3 is 2.50 bits per heavy atom. The van der Waals surface area contributed by atoms with Gasteiger partial charge in [0.1, 0.15) is 5.54 Å². The third-order valence-electron chi connectivity index (χ3n) is 3.67. The van der Waals surface area contributed by atoms with E-state index in [0.717, 1.165) is 12.1 Å². The average Bonchev–Trinajstić information content (AvgIpc) is 2.42. The van der Waals surface area contributed by atoms with Crippen LogP contribution in [-0.2, 0) is 19.6 Å². The summed E-state index contributed by atoms with van der Waals surface area (Å²) in [5.41, 5.74) is -2.40. The number of carbonyl (C=O) groups is 1. The number of hydrogen-bond donors (Lipinski definition) is 2. The van der Waals surface area contributed by atoms with Crippen molar-refractivity contribution < 1.29 is 31.8 Å². The van der Waals surface area contributed by atoms with Crippen molar-refractivity contribution in [2.45, 2.75) is 35.8 Å². The molecule has 1 aromatic carbocycles. The zero-order chi connectivity index (χ0) is 16.5. The molecule has 0 unspecified atom stereocenters. The first-order chi connectivity index (χ1) is 10.2. The third kappa shape index (κ3) is 2.96. The van der Waals surface area contributed by atoms with Gasteiger partial charge >= 0.3 is 5.97 Å². The molecular weight excluding hydrogens is 320 g/mol. The average molecular weight is 335 g/mol. The topological polar surface area (TPSA) is 92.7 Å². The minimum Gasteiger partial charge on any atom is -0.480 e. The van der Waals surface area contributed by atoms with Crippen LogP contribution in [0.3, 0.4) is 0 Å². The van der Waals surface area contributed by atoms with Crippen molar-refractivity contribution >= 4 is 16.0 Å². The summed E-state index contributed by atoms with van der Waals surface area (Å²) in [6.07, 6.45) is -3.49. The summed E-state index contributed by atoms with van der Waals surface area (Å²) in [4.78, 5) is 10.7. The number of nitrogens with one attached hydrogen (secondary N) is 1. The first-order valence-corrected chi connectivity index (χ1v) is 7.87. The van der Waals surface area contributed by atoms with Crippen LogP contribution in [0.15, 0.2) is 29.2 Å². The van der Waals surface area contributed by atoms with Gasteiger partial charge in [-0.1, -0.05) is 18.2 Å². The number of aliphatic carboxylic acids is 1. The predicted molar refractivity (Wildman–Crippen MR) is 72.1 cm³/mol. The highest BCUT2D eigenvalue weighted by atomic mass is 32.2. The summed E-state index contributed by atoms with van der Waals surface area (Å²) in [5, 5.41) is 9.26. The number of hydrogen-bond acceptors (Lipinski definition) is 4. The summed E-state index contributed by atoms with van der Waals surface area (Å²) in [6.45, 7) is 0. The Morgan fingerprint density at radius 1 is 1.41 bits per heavy atom. The summed E-state index contributed by atoms with van der Waals surface area (Å²) in [5.74, 6) is -1.36. The van der Waals surface area contributed by atoms with E-state index in [0.29, 0.717) is 0 Å². The maximum atomic E-state index is 12.9. The molecule has 22 heavy (non-hydrogen) atoms. The number of sulfonamides is 1. The molecule has 1 aromatic rings. The molecule has 0 bridgehead atoms. The molecule has 0 spiro atoms. The Bertz CT molecular complexity index is 671. The van der Waals surface area contributed by atoms with E-state index in [9.17, 15) is 27.1 Å². The smallest absolute Gasteiger partial charge is 0.325 e. The van der Waals surface area contributed by atoms with Crippen LogP contribution >= 0.6 is 0 Å². The molecule has 1 saturated carbocycles. The highest BCUT2D eigenvalue weighted by Crippen LogP contribution is 2.37. The van der Waals surface area contributed by atoms with Crippen molar-refractivity contribution in [3.63, 3.8) is 0 Å². The summed E-state index contributed by atoms with van der Waals surface area (Å²) < 4.78 is 57.5.